The molecule has 0 amide bonds. The maximum atomic E-state index is 5.96. The lowest BCUT2D eigenvalue weighted by Gasteiger charge is -2.14. The summed E-state index contributed by atoms with van der Waals surface area (Å²) in [7, 11) is 2.17. The number of hydrogen-bond donors (Lipinski definition) is 1. The van der Waals surface area contributed by atoms with Gasteiger partial charge in [0.1, 0.15) is 0 Å². The molecule has 0 aromatic heterocycles. The lowest BCUT2D eigenvalue weighted by molar-refractivity contribution is 0.330. The van der Waals surface area contributed by atoms with Gasteiger partial charge in [0.15, 0.2) is 0 Å². The lowest BCUT2D eigenvalue weighted by atomic mass is 10.2. The van der Waals surface area contributed by atoms with E-state index < -0.39 is 0 Å². The van der Waals surface area contributed by atoms with Crippen molar-refractivity contribution in [3.8, 4) is 0 Å². The van der Waals surface area contributed by atoms with Crippen LogP contribution in [0.15, 0.2) is 22.7 Å². The molecule has 2 rings (SSSR count). The molecule has 4 heteroatoms. The third-order valence-corrected chi connectivity index (χ3v) is 4.39. The largest absolute Gasteiger partial charge is 0.381 e. The quantitative estimate of drug-likeness (QED) is 0.898. The van der Waals surface area contributed by atoms with Crippen LogP contribution < -0.4 is 5.32 Å². The van der Waals surface area contributed by atoms with Gasteiger partial charge in [-0.1, -0.05) is 11.6 Å². The summed E-state index contributed by atoms with van der Waals surface area (Å²) in [5, 5.41) is 4.29. The van der Waals surface area contributed by atoms with Gasteiger partial charge in [-0.25, -0.2) is 0 Å². The molecule has 1 N–H and O–H groups in total. The Balaban J connectivity index is 2.02. The van der Waals surface area contributed by atoms with Crippen LogP contribution in [-0.2, 0) is 0 Å². The molecule has 0 aliphatic carbocycles. The molecule has 0 spiro atoms. The van der Waals surface area contributed by atoms with Crippen LogP contribution in [0.5, 0.6) is 0 Å². The van der Waals surface area contributed by atoms with Crippen LogP contribution in [0, 0.1) is 0 Å². The van der Waals surface area contributed by atoms with Gasteiger partial charge in [0.05, 0.1) is 5.02 Å². The molecule has 1 aliphatic rings. The molecule has 2 atom stereocenters. The van der Waals surface area contributed by atoms with Crippen molar-refractivity contribution in [3.05, 3.63) is 27.7 Å². The highest BCUT2D eigenvalue weighted by atomic mass is 79.9. The Bertz CT molecular complexity index is 373. The molecule has 1 saturated heterocycles. The zero-order valence-corrected chi connectivity index (χ0v) is 11.8. The molecule has 2 nitrogen and oxygen atoms in total. The van der Waals surface area contributed by atoms with E-state index in [1.54, 1.807) is 0 Å². The standard InChI is InChI=1S/C12H16BrClN2/c1-8-5-10(7-16(8)2)15-9-3-4-12(14)11(13)6-9/h3-4,6,8,10,15H,5,7H2,1-2H3. The molecule has 1 aliphatic heterocycles. The summed E-state index contributed by atoms with van der Waals surface area (Å²) in [6, 6.07) is 7.17. The Morgan fingerprint density at radius 3 is 2.81 bits per heavy atom. The van der Waals surface area contributed by atoms with Crippen molar-refractivity contribution in [3.63, 3.8) is 0 Å². The molecular weight excluding hydrogens is 288 g/mol. The van der Waals surface area contributed by atoms with Crippen molar-refractivity contribution < 1.29 is 0 Å². The van der Waals surface area contributed by atoms with Gasteiger partial charge in [0.25, 0.3) is 0 Å². The minimum Gasteiger partial charge on any atom is -0.381 e. The van der Waals surface area contributed by atoms with Gasteiger partial charge < -0.3 is 10.2 Å². The number of benzene rings is 1. The number of anilines is 1. The zero-order valence-electron chi connectivity index (χ0n) is 9.50. The highest BCUT2D eigenvalue weighted by molar-refractivity contribution is 9.10. The van der Waals surface area contributed by atoms with Crippen molar-refractivity contribution in [2.45, 2.75) is 25.4 Å². The maximum Gasteiger partial charge on any atom is 0.0549 e. The third kappa shape index (κ3) is 2.70. The summed E-state index contributed by atoms with van der Waals surface area (Å²) in [4.78, 5) is 2.38. The Labute approximate surface area is 110 Å². The molecular formula is C12H16BrClN2. The summed E-state index contributed by atoms with van der Waals surface area (Å²) < 4.78 is 0.943. The van der Waals surface area contributed by atoms with Gasteiger partial charge in [0.2, 0.25) is 0 Å². The summed E-state index contributed by atoms with van der Waals surface area (Å²) in [6.07, 6.45) is 1.19. The molecule has 1 heterocycles. The van der Waals surface area contributed by atoms with E-state index in [4.69, 9.17) is 11.6 Å². The fourth-order valence-corrected chi connectivity index (χ4v) is 2.62. The van der Waals surface area contributed by atoms with Gasteiger partial charge in [-0.05, 0) is 54.5 Å². The van der Waals surface area contributed by atoms with E-state index in [9.17, 15) is 0 Å². The van der Waals surface area contributed by atoms with Gasteiger partial charge in [-0.15, -0.1) is 0 Å². The predicted octanol–water partition coefficient (Wildman–Crippen LogP) is 3.61. The van der Waals surface area contributed by atoms with E-state index in [2.05, 4.69) is 40.1 Å². The molecule has 2 unspecified atom stereocenters. The second-order valence-electron chi connectivity index (χ2n) is 4.49. The molecule has 16 heavy (non-hydrogen) atoms. The molecule has 0 bridgehead atoms. The maximum absolute atomic E-state index is 5.96. The predicted molar refractivity (Wildman–Crippen MR) is 73.3 cm³/mol. The smallest absolute Gasteiger partial charge is 0.0549 e. The van der Waals surface area contributed by atoms with Crippen molar-refractivity contribution in [1.82, 2.24) is 4.90 Å². The third-order valence-electron chi connectivity index (χ3n) is 3.18. The minimum atomic E-state index is 0.535. The summed E-state index contributed by atoms with van der Waals surface area (Å²) in [6.45, 7) is 3.36. The normalized spacial score (nSPS) is 26.0. The molecule has 88 valence electrons. The van der Waals surface area contributed by atoms with Crippen LogP contribution in [0.4, 0.5) is 5.69 Å². The van der Waals surface area contributed by atoms with E-state index in [-0.39, 0.29) is 0 Å². The van der Waals surface area contributed by atoms with Crippen LogP contribution in [0.25, 0.3) is 0 Å². The van der Waals surface area contributed by atoms with Crippen LogP contribution in [0.1, 0.15) is 13.3 Å². The SMILES string of the molecule is CC1CC(Nc2ccc(Cl)c(Br)c2)CN1C. The summed E-state index contributed by atoms with van der Waals surface area (Å²) in [5.41, 5.74) is 1.13. The Kier molecular flexibility index (Phi) is 3.77. The average molecular weight is 304 g/mol. The van der Waals surface area contributed by atoms with E-state index in [1.807, 2.05) is 18.2 Å². The number of likely N-dealkylation sites (tertiary alicyclic amines) is 1. The first-order chi connectivity index (χ1) is 7.56. The molecule has 1 aromatic rings. The fraction of sp³-hybridized carbons (Fsp3) is 0.500. The molecule has 1 fully saturated rings. The van der Waals surface area contributed by atoms with Crippen LogP contribution >= 0.6 is 27.5 Å². The first-order valence-corrected chi connectivity index (χ1v) is 6.65. The van der Waals surface area contributed by atoms with Crippen molar-refractivity contribution in [1.29, 1.82) is 0 Å². The zero-order chi connectivity index (χ0) is 11.7. The number of rotatable bonds is 2. The molecule has 0 radical (unpaired) electrons. The number of nitrogens with one attached hydrogen (secondary N) is 1. The first-order valence-electron chi connectivity index (χ1n) is 5.48. The van der Waals surface area contributed by atoms with Crippen LogP contribution in [-0.4, -0.2) is 30.6 Å². The van der Waals surface area contributed by atoms with Crippen molar-refractivity contribution >= 4 is 33.2 Å². The lowest BCUT2D eigenvalue weighted by Crippen LogP contribution is -2.24. The first kappa shape index (κ1) is 12.2. The Hall–Kier alpha value is -0.250. The minimum absolute atomic E-state index is 0.535. The number of likely N-dealkylation sites (N-methyl/N-ethyl adjacent to an activating group) is 1. The number of hydrogen-bond acceptors (Lipinski definition) is 2. The van der Waals surface area contributed by atoms with Gasteiger partial charge >= 0.3 is 0 Å². The van der Waals surface area contributed by atoms with Crippen molar-refractivity contribution in [2.75, 3.05) is 18.9 Å². The second kappa shape index (κ2) is 4.94. The number of halogens is 2. The highest BCUT2D eigenvalue weighted by Crippen LogP contribution is 2.27. The Morgan fingerprint density at radius 2 is 2.25 bits per heavy atom. The van der Waals surface area contributed by atoms with Gasteiger partial charge in [-0.2, -0.15) is 0 Å². The van der Waals surface area contributed by atoms with Crippen molar-refractivity contribution in [2.24, 2.45) is 0 Å². The average Bonchev–Trinajstić information content (AvgIpc) is 2.52. The highest BCUT2D eigenvalue weighted by Gasteiger charge is 2.25. The number of nitrogens with zero attached hydrogens (tertiary/aromatic N) is 1. The van der Waals surface area contributed by atoms with Crippen LogP contribution in [0.3, 0.4) is 0 Å². The fourth-order valence-electron chi connectivity index (χ4n) is 2.12. The Morgan fingerprint density at radius 1 is 1.50 bits per heavy atom. The van der Waals surface area contributed by atoms with Gasteiger partial charge in [-0.3, -0.25) is 0 Å². The second-order valence-corrected chi connectivity index (χ2v) is 5.76. The van der Waals surface area contributed by atoms with E-state index in [0.717, 1.165) is 21.7 Å². The van der Waals surface area contributed by atoms with Gasteiger partial charge in [0, 0.05) is 28.8 Å². The molecule has 1 aromatic carbocycles. The van der Waals surface area contributed by atoms with E-state index >= 15 is 0 Å². The van der Waals surface area contributed by atoms with E-state index in [0.29, 0.717) is 12.1 Å². The summed E-state index contributed by atoms with van der Waals surface area (Å²) in [5.74, 6) is 0. The monoisotopic (exact) mass is 302 g/mol. The van der Waals surface area contributed by atoms with E-state index in [1.165, 1.54) is 6.42 Å². The summed E-state index contributed by atoms with van der Waals surface area (Å²) >= 11 is 9.40. The topological polar surface area (TPSA) is 15.3 Å². The molecule has 0 saturated carbocycles. The van der Waals surface area contributed by atoms with Crippen LogP contribution in [0.2, 0.25) is 5.02 Å².